The maximum Gasteiger partial charge on any atom is 3.00 e. The summed E-state index contributed by atoms with van der Waals surface area (Å²) in [6.07, 6.45) is 7.68. The van der Waals surface area contributed by atoms with Gasteiger partial charge in [0, 0.05) is 0 Å². The van der Waals surface area contributed by atoms with Crippen molar-refractivity contribution in [2.45, 2.75) is 13.3 Å². The normalized spacial score (nSPS) is 12.4. The Bertz CT molecular complexity index is 579. The van der Waals surface area contributed by atoms with E-state index in [9.17, 15) is 0 Å². The van der Waals surface area contributed by atoms with Gasteiger partial charge in [-0.25, -0.2) is 0 Å². The summed E-state index contributed by atoms with van der Waals surface area (Å²) in [7, 11) is 0. The van der Waals surface area contributed by atoms with Crippen molar-refractivity contribution in [1.29, 1.82) is 0 Å². The van der Waals surface area contributed by atoms with Crippen molar-refractivity contribution >= 4 is 16.3 Å². The van der Waals surface area contributed by atoms with Gasteiger partial charge in [-0.2, -0.15) is 0 Å². The van der Waals surface area contributed by atoms with Crippen molar-refractivity contribution in [2.24, 2.45) is 0 Å². The molecule has 0 atom stereocenters. The van der Waals surface area contributed by atoms with Crippen molar-refractivity contribution in [3.8, 4) is 0 Å². The van der Waals surface area contributed by atoms with Gasteiger partial charge in [0.1, 0.15) is 0 Å². The van der Waals surface area contributed by atoms with Gasteiger partial charge < -0.3 is 24.8 Å². The van der Waals surface area contributed by atoms with Crippen LogP contribution in [0, 0.1) is 6.92 Å². The first-order valence-electron chi connectivity index (χ1n) is 5.37. The van der Waals surface area contributed by atoms with Crippen molar-refractivity contribution in [1.82, 2.24) is 0 Å². The van der Waals surface area contributed by atoms with Gasteiger partial charge in [-0.05, 0) is 6.42 Å². The molecule has 91 valence electrons. The van der Waals surface area contributed by atoms with Crippen molar-refractivity contribution in [3.05, 3.63) is 59.7 Å². The van der Waals surface area contributed by atoms with Crippen LogP contribution in [0.25, 0.3) is 16.3 Å². The number of aryl methyl sites for hydroxylation is 1. The third-order valence-corrected chi connectivity index (χ3v) is 3.09. The average molecular weight is 355 g/mol. The largest absolute Gasteiger partial charge is 3.00 e. The Kier molecular flexibility index (Phi) is 7.29. The van der Waals surface area contributed by atoms with Crippen LogP contribution in [-0.2, 0) is 26.2 Å². The topological polar surface area (TPSA) is 0 Å². The molecule has 0 nitrogen and oxygen atoms in total. The van der Waals surface area contributed by atoms with E-state index >= 15 is 0 Å². The second-order valence-electron chi connectivity index (χ2n) is 4.11. The predicted octanol–water partition coefficient (Wildman–Crippen LogP) is -1.78. The molecule has 0 saturated heterocycles. The van der Waals surface area contributed by atoms with Gasteiger partial charge in [0.05, 0.1) is 0 Å². The maximum absolute atomic E-state index is 2.28. The van der Waals surface area contributed by atoms with Crippen molar-refractivity contribution in [2.75, 3.05) is 0 Å². The van der Waals surface area contributed by atoms with E-state index in [1.54, 1.807) is 0 Å². The maximum atomic E-state index is 2.28. The van der Waals surface area contributed by atoms with Crippen LogP contribution >= 0.6 is 0 Å². The first-order valence-corrected chi connectivity index (χ1v) is 5.37. The Morgan fingerprint density at radius 3 is 2.50 bits per heavy atom. The molecule has 0 amide bonds. The summed E-state index contributed by atoms with van der Waals surface area (Å²) in [5.74, 6) is 0. The number of benzene rings is 1. The zero-order valence-electron chi connectivity index (χ0n) is 10.1. The summed E-state index contributed by atoms with van der Waals surface area (Å²) >= 11 is 0. The first-order chi connectivity index (χ1) is 7.36. The van der Waals surface area contributed by atoms with E-state index in [0.717, 1.165) is 6.42 Å². The second kappa shape index (κ2) is 7.38. The molecule has 2 aromatic carbocycles. The van der Waals surface area contributed by atoms with Gasteiger partial charge >= 0.3 is 26.2 Å². The van der Waals surface area contributed by atoms with Crippen LogP contribution in [0.15, 0.2) is 48.6 Å². The van der Waals surface area contributed by atoms with E-state index in [1.165, 1.54) is 27.5 Å². The standard InChI is InChI=1S/C15H13.2ClH.Zr/c1-11-10-13-8-4-5-9-14(13)15(11)12-6-2-3-7-12;;;/h2-6,8-10H,7H2,1H3;2*1H;/q-1;;;+3/p-2. The predicted molar refractivity (Wildman–Crippen MR) is 66.0 cm³/mol. The molecule has 0 aliphatic heterocycles. The van der Waals surface area contributed by atoms with Gasteiger partial charge in [-0.15, -0.1) is 46.2 Å². The van der Waals surface area contributed by atoms with E-state index in [-0.39, 0.29) is 51.0 Å². The Balaban J connectivity index is 0.000000963. The Morgan fingerprint density at radius 2 is 1.83 bits per heavy atom. The minimum absolute atomic E-state index is 0. The molecule has 1 radical (unpaired) electrons. The van der Waals surface area contributed by atoms with Crippen LogP contribution < -0.4 is 24.8 Å². The number of rotatable bonds is 1. The molecule has 3 heteroatoms. The molecule has 3 rings (SSSR count). The number of halogens is 2. The molecule has 0 saturated carbocycles. The Labute approximate surface area is 139 Å². The van der Waals surface area contributed by atoms with Gasteiger partial charge in [0.15, 0.2) is 0 Å². The fourth-order valence-corrected chi connectivity index (χ4v) is 2.43. The molecule has 1 aliphatic rings. The first kappa shape index (κ1) is 17.8. The SMILES string of the molecule is Cc1[cH-]c2ccccc2c1C1=CC=CC1.[Cl-].[Cl-].[Zr+3]. The molecule has 0 aromatic heterocycles. The fourth-order valence-electron chi connectivity index (χ4n) is 2.43. The van der Waals surface area contributed by atoms with Gasteiger partial charge in [-0.1, -0.05) is 36.8 Å². The van der Waals surface area contributed by atoms with E-state index < -0.39 is 0 Å². The Morgan fingerprint density at radius 1 is 1.11 bits per heavy atom. The van der Waals surface area contributed by atoms with Crippen LogP contribution in [0.4, 0.5) is 0 Å². The third-order valence-electron chi connectivity index (χ3n) is 3.09. The van der Waals surface area contributed by atoms with Gasteiger partial charge in [0.2, 0.25) is 0 Å². The molecular formula is C15H13Cl2Zr. The third kappa shape index (κ3) is 3.02. The van der Waals surface area contributed by atoms with E-state index in [2.05, 4.69) is 55.5 Å². The zero-order chi connectivity index (χ0) is 10.3. The summed E-state index contributed by atoms with van der Waals surface area (Å²) in [4.78, 5) is 0. The second-order valence-corrected chi connectivity index (χ2v) is 4.11. The molecule has 1 aliphatic carbocycles. The van der Waals surface area contributed by atoms with Crippen molar-refractivity contribution < 1.29 is 51.0 Å². The van der Waals surface area contributed by atoms with Gasteiger partial charge in [-0.3, -0.25) is 0 Å². The van der Waals surface area contributed by atoms with E-state index in [1.807, 2.05) is 0 Å². The molecule has 0 heterocycles. The molecule has 18 heavy (non-hydrogen) atoms. The Hall–Kier alpha value is -0.227. The van der Waals surface area contributed by atoms with Gasteiger partial charge in [0.25, 0.3) is 0 Å². The molecule has 0 bridgehead atoms. The molecule has 0 spiro atoms. The molecular weight excluding hydrogens is 342 g/mol. The summed E-state index contributed by atoms with van der Waals surface area (Å²) in [6, 6.07) is 10.9. The van der Waals surface area contributed by atoms with Crippen LogP contribution in [0.1, 0.15) is 17.5 Å². The van der Waals surface area contributed by atoms with Crippen LogP contribution in [0.5, 0.6) is 0 Å². The molecule has 0 N–H and O–H groups in total. The van der Waals surface area contributed by atoms with Crippen molar-refractivity contribution in [3.63, 3.8) is 0 Å². The van der Waals surface area contributed by atoms with E-state index in [4.69, 9.17) is 0 Å². The number of allylic oxidation sites excluding steroid dienone is 4. The minimum atomic E-state index is 0. The monoisotopic (exact) mass is 353 g/mol. The fraction of sp³-hybridized carbons (Fsp3) is 0.133. The molecule has 0 unspecified atom stereocenters. The zero-order valence-corrected chi connectivity index (χ0v) is 14.1. The minimum Gasteiger partial charge on any atom is -1.00 e. The smallest absolute Gasteiger partial charge is 1.00 e. The van der Waals surface area contributed by atoms with Crippen LogP contribution in [0.3, 0.4) is 0 Å². The van der Waals surface area contributed by atoms with Crippen LogP contribution in [0.2, 0.25) is 0 Å². The summed E-state index contributed by atoms with van der Waals surface area (Å²) in [6.45, 7) is 2.20. The van der Waals surface area contributed by atoms with E-state index in [0.29, 0.717) is 0 Å². The quantitative estimate of drug-likeness (QED) is 0.531. The van der Waals surface area contributed by atoms with Crippen LogP contribution in [-0.4, -0.2) is 0 Å². The number of fused-ring (bicyclic) bond motifs is 1. The number of hydrogen-bond acceptors (Lipinski definition) is 0. The average Bonchev–Trinajstić information content (AvgIpc) is 2.82. The number of hydrogen-bond donors (Lipinski definition) is 0. The molecule has 0 fully saturated rings. The molecule has 2 aromatic rings. The summed E-state index contributed by atoms with van der Waals surface area (Å²) in [5.41, 5.74) is 4.29. The summed E-state index contributed by atoms with van der Waals surface area (Å²) < 4.78 is 0. The summed E-state index contributed by atoms with van der Waals surface area (Å²) in [5, 5.41) is 2.75.